The molecule has 0 aliphatic heterocycles. The third-order valence-electron chi connectivity index (χ3n) is 3.29. The minimum absolute atomic E-state index is 0.890. The molecule has 1 aromatic heterocycles. The molecule has 0 bridgehead atoms. The number of imidazole rings is 1. The topological polar surface area (TPSA) is 33.1 Å². The van der Waals surface area contributed by atoms with Gasteiger partial charge in [0.05, 0.1) is 0 Å². The van der Waals surface area contributed by atoms with Crippen LogP contribution < -0.4 is 10.2 Å². The maximum Gasteiger partial charge on any atom is 0.110 e. The van der Waals surface area contributed by atoms with Gasteiger partial charge < -0.3 is 14.8 Å². The number of aryl methyl sites for hydroxylation is 2. The van der Waals surface area contributed by atoms with Crippen LogP contribution in [0.4, 0.5) is 11.4 Å². The van der Waals surface area contributed by atoms with Gasteiger partial charge in [-0.1, -0.05) is 6.07 Å². The quantitative estimate of drug-likeness (QED) is 0.894. The van der Waals surface area contributed by atoms with Crippen molar-refractivity contribution in [3.63, 3.8) is 0 Å². The second-order valence-corrected chi connectivity index (χ2v) is 5.03. The van der Waals surface area contributed by atoms with E-state index in [1.807, 2.05) is 19.4 Å². The first kappa shape index (κ1) is 13.5. The smallest absolute Gasteiger partial charge is 0.110 e. The third kappa shape index (κ3) is 3.28. The van der Waals surface area contributed by atoms with Crippen LogP contribution in [0.3, 0.4) is 0 Å². The summed E-state index contributed by atoms with van der Waals surface area (Å²) in [4.78, 5) is 6.46. The van der Waals surface area contributed by atoms with E-state index in [1.54, 1.807) is 0 Å². The molecule has 0 atom stereocenters. The Morgan fingerprint density at radius 1 is 1.32 bits per heavy atom. The Morgan fingerprint density at radius 2 is 2.11 bits per heavy atom. The normalized spacial score (nSPS) is 10.5. The number of benzene rings is 1. The lowest BCUT2D eigenvalue weighted by molar-refractivity contribution is 0.789. The van der Waals surface area contributed by atoms with E-state index in [-0.39, 0.29) is 0 Å². The molecule has 0 aliphatic rings. The first-order chi connectivity index (χ1) is 9.08. The van der Waals surface area contributed by atoms with Gasteiger partial charge in [0.25, 0.3) is 0 Å². The molecule has 19 heavy (non-hydrogen) atoms. The molecule has 4 heteroatoms. The lowest BCUT2D eigenvalue weighted by atomic mass is 10.1. The van der Waals surface area contributed by atoms with E-state index in [2.05, 4.69) is 59.0 Å². The lowest BCUT2D eigenvalue weighted by Gasteiger charge is -2.17. The summed E-state index contributed by atoms with van der Waals surface area (Å²) in [6.07, 6.45) is 4.74. The van der Waals surface area contributed by atoms with Gasteiger partial charge in [0.2, 0.25) is 0 Å². The van der Waals surface area contributed by atoms with E-state index in [1.165, 1.54) is 11.3 Å². The number of nitrogens with one attached hydrogen (secondary N) is 1. The van der Waals surface area contributed by atoms with Crippen LogP contribution in [0.1, 0.15) is 11.4 Å². The standard InChI is InChI=1S/C15H22N4/c1-12-5-6-13(11-14(12)18(2)3)16-8-7-15-17-9-10-19(15)4/h5-6,9-11,16H,7-8H2,1-4H3. The van der Waals surface area contributed by atoms with Crippen molar-refractivity contribution < 1.29 is 0 Å². The summed E-state index contributed by atoms with van der Waals surface area (Å²) in [5, 5.41) is 3.45. The highest BCUT2D eigenvalue weighted by Crippen LogP contribution is 2.22. The summed E-state index contributed by atoms with van der Waals surface area (Å²) >= 11 is 0. The zero-order chi connectivity index (χ0) is 13.8. The van der Waals surface area contributed by atoms with Gasteiger partial charge in [-0.15, -0.1) is 0 Å². The van der Waals surface area contributed by atoms with Crippen molar-refractivity contribution in [1.82, 2.24) is 9.55 Å². The monoisotopic (exact) mass is 258 g/mol. The molecule has 2 rings (SSSR count). The average molecular weight is 258 g/mol. The Hall–Kier alpha value is -1.97. The predicted octanol–water partition coefficient (Wildman–Crippen LogP) is 2.45. The van der Waals surface area contributed by atoms with Gasteiger partial charge in [0, 0.05) is 57.9 Å². The Balaban J connectivity index is 1.96. The lowest BCUT2D eigenvalue weighted by Crippen LogP contribution is -2.12. The fraction of sp³-hybridized carbons (Fsp3) is 0.400. The van der Waals surface area contributed by atoms with Crippen LogP contribution in [0.2, 0.25) is 0 Å². The zero-order valence-electron chi connectivity index (χ0n) is 12.1. The molecule has 1 N–H and O–H groups in total. The Morgan fingerprint density at radius 3 is 2.74 bits per heavy atom. The number of hydrogen-bond acceptors (Lipinski definition) is 3. The highest BCUT2D eigenvalue weighted by atomic mass is 15.1. The molecule has 4 nitrogen and oxygen atoms in total. The first-order valence-electron chi connectivity index (χ1n) is 6.56. The maximum absolute atomic E-state index is 4.32. The van der Waals surface area contributed by atoms with Crippen LogP contribution >= 0.6 is 0 Å². The van der Waals surface area contributed by atoms with Crippen molar-refractivity contribution in [1.29, 1.82) is 0 Å². The minimum atomic E-state index is 0.890. The van der Waals surface area contributed by atoms with Gasteiger partial charge in [-0.05, 0) is 24.6 Å². The maximum atomic E-state index is 4.32. The van der Waals surface area contributed by atoms with Crippen LogP contribution in [0, 0.1) is 6.92 Å². The third-order valence-corrected chi connectivity index (χ3v) is 3.29. The van der Waals surface area contributed by atoms with Gasteiger partial charge in [-0.3, -0.25) is 0 Å². The van der Waals surface area contributed by atoms with E-state index in [0.29, 0.717) is 0 Å². The first-order valence-corrected chi connectivity index (χ1v) is 6.56. The zero-order valence-corrected chi connectivity index (χ0v) is 12.1. The average Bonchev–Trinajstić information content (AvgIpc) is 2.77. The summed E-state index contributed by atoms with van der Waals surface area (Å²) in [6, 6.07) is 6.47. The molecule has 2 aromatic rings. The molecule has 0 radical (unpaired) electrons. The number of nitrogens with zero attached hydrogens (tertiary/aromatic N) is 3. The van der Waals surface area contributed by atoms with Gasteiger partial charge in [-0.25, -0.2) is 4.98 Å². The Kier molecular flexibility index (Phi) is 4.10. The molecular weight excluding hydrogens is 236 g/mol. The molecule has 1 aromatic carbocycles. The summed E-state index contributed by atoms with van der Waals surface area (Å²) in [5.74, 6) is 1.10. The van der Waals surface area contributed by atoms with Crippen molar-refractivity contribution in [2.75, 3.05) is 30.9 Å². The van der Waals surface area contributed by atoms with Crippen molar-refractivity contribution in [2.24, 2.45) is 7.05 Å². The largest absolute Gasteiger partial charge is 0.385 e. The second-order valence-electron chi connectivity index (χ2n) is 5.03. The van der Waals surface area contributed by atoms with Crippen molar-refractivity contribution >= 4 is 11.4 Å². The van der Waals surface area contributed by atoms with Crippen LogP contribution in [0.15, 0.2) is 30.6 Å². The highest BCUT2D eigenvalue weighted by Gasteiger charge is 2.03. The van der Waals surface area contributed by atoms with E-state index in [0.717, 1.165) is 24.5 Å². The molecule has 102 valence electrons. The van der Waals surface area contributed by atoms with E-state index in [9.17, 15) is 0 Å². The van der Waals surface area contributed by atoms with Gasteiger partial charge in [-0.2, -0.15) is 0 Å². The van der Waals surface area contributed by atoms with Crippen LogP contribution in [0.25, 0.3) is 0 Å². The molecular formula is C15H22N4. The molecule has 0 saturated heterocycles. The fourth-order valence-electron chi connectivity index (χ4n) is 2.16. The van der Waals surface area contributed by atoms with Crippen LogP contribution in [-0.2, 0) is 13.5 Å². The Bertz CT molecular complexity index is 543. The van der Waals surface area contributed by atoms with Crippen molar-refractivity contribution in [3.8, 4) is 0 Å². The van der Waals surface area contributed by atoms with E-state index >= 15 is 0 Å². The number of hydrogen-bond donors (Lipinski definition) is 1. The molecule has 0 spiro atoms. The molecule has 0 amide bonds. The van der Waals surface area contributed by atoms with E-state index < -0.39 is 0 Å². The van der Waals surface area contributed by atoms with Crippen molar-refractivity contribution in [3.05, 3.63) is 42.0 Å². The number of anilines is 2. The molecule has 0 aliphatic carbocycles. The second kappa shape index (κ2) is 5.78. The highest BCUT2D eigenvalue weighted by molar-refractivity contribution is 5.61. The molecule has 0 unspecified atom stereocenters. The van der Waals surface area contributed by atoms with Gasteiger partial charge in [0.1, 0.15) is 5.82 Å². The van der Waals surface area contributed by atoms with Crippen LogP contribution in [-0.4, -0.2) is 30.2 Å². The van der Waals surface area contributed by atoms with Crippen LogP contribution in [0.5, 0.6) is 0 Å². The SMILES string of the molecule is Cc1ccc(NCCc2nccn2C)cc1N(C)C. The fourth-order valence-corrected chi connectivity index (χ4v) is 2.16. The number of rotatable bonds is 5. The minimum Gasteiger partial charge on any atom is -0.385 e. The van der Waals surface area contributed by atoms with Crippen molar-refractivity contribution in [2.45, 2.75) is 13.3 Å². The predicted molar refractivity (Wildman–Crippen MR) is 80.9 cm³/mol. The number of aromatic nitrogens is 2. The van der Waals surface area contributed by atoms with E-state index in [4.69, 9.17) is 0 Å². The van der Waals surface area contributed by atoms with Gasteiger partial charge >= 0.3 is 0 Å². The summed E-state index contributed by atoms with van der Waals surface area (Å²) in [5.41, 5.74) is 3.70. The molecule has 0 saturated carbocycles. The molecule has 0 fully saturated rings. The summed E-state index contributed by atoms with van der Waals surface area (Å²) in [6.45, 7) is 3.02. The van der Waals surface area contributed by atoms with Gasteiger partial charge in [0.15, 0.2) is 0 Å². The summed E-state index contributed by atoms with van der Waals surface area (Å²) in [7, 11) is 6.17. The summed E-state index contributed by atoms with van der Waals surface area (Å²) < 4.78 is 2.06. The molecule has 1 heterocycles. The Labute approximate surface area is 115 Å².